The van der Waals surface area contributed by atoms with E-state index in [0.717, 1.165) is 37.4 Å². The van der Waals surface area contributed by atoms with E-state index in [2.05, 4.69) is 21.8 Å². The number of aromatic nitrogens is 1. The number of ether oxygens (including phenoxy) is 3. The van der Waals surface area contributed by atoms with E-state index in [4.69, 9.17) is 28.5 Å². The number of aliphatic hydroxyl groups is 6. The third kappa shape index (κ3) is 8.59. The Balaban J connectivity index is 0.985. The molecule has 0 saturated carbocycles. The Kier molecular flexibility index (Phi) is 12.7. The minimum Gasteiger partial charge on any atom is -0.494 e. The van der Waals surface area contributed by atoms with Crippen molar-refractivity contribution in [2.75, 3.05) is 64.9 Å². The van der Waals surface area contributed by atoms with Crippen molar-refractivity contribution in [3.8, 4) is 5.88 Å². The number of H-pyrrole nitrogens is 1. The van der Waals surface area contributed by atoms with E-state index in [1.807, 2.05) is 54.6 Å². The molecule has 3 aromatic carbocycles. The molecular formula is C41H50BN5O13. The van der Waals surface area contributed by atoms with Gasteiger partial charge in [-0.15, -0.1) is 0 Å². The quantitative estimate of drug-likeness (QED) is 0.0679. The smallest absolute Gasteiger partial charge is 0.494 e. The molecule has 320 valence electrons. The van der Waals surface area contributed by atoms with Crippen molar-refractivity contribution >= 4 is 46.5 Å². The van der Waals surface area contributed by atoms with Gasteiger partial charge in [-0.3, -0.25) is 9.69 Å². The molecule has 4 fully saturated rings. The topological polar surface area (TPSA) is 243 Å². The number of likely N-dealkylation sites (N-methyl/N-ethyl adjacent to an activating group) is 2. The van der Waals surface area contributed by atoms with E-state index >= 15 is 0 Å². The van der Waals surface area contributed by atoms with Crippen LogP contribution < -0.4 is 10.4 Å². The van der Waals surface area contributed by atoms with Crippen molar-refractivity contribution in [2.45, 2.75) is 61.4 Å². The summed E-state index contributed by atoms with van der Waals surface area (Å²) in [4.78, 5) is 27.2. The van der Waals surface area contributed by atoms with E-state index in [9.17, 15) is 40.5 Å². The maximum absolute atomic E-state index is 13.1. The summed E-state index contributed by atoms with van der Waals surface area (Å²) in [6.45, 7) is 3.11. The number of fused-ring (bicyclic) bond motifs is 2. The molecule has 0 spiro atoms. The molecular weight excluding hydrogens is 781 g/mol. The number of carbonyl (C=O) groups is 1. The van der Waals surface area contributed by atoms with Gasteiger partial charge in [0, 0.05) is 55.4 Å². The number of amides is 1. The van der Waals surface area contributed by atoms with Gasteiger partial charge in [0.15, 0.2) is 18.5 Å². The number of anilines is 1. The Labute approximate surface area is 345 Å². The fraction of sp³-hybridized carbons (Fsp3) is 0.463. The third-order valence-electron chi connectivity index (χ3n) is 11.6. The van der Waals surface area contributed by atoms with Crippen LogP contribution in [0.5, 0.6) is 5.88 Å². The molecule has 0 unspecified atom stereocenters. The van der Waals surface area contributed by atoms with Crippen LogP contribution in [-0.2, 0) is 28.3 Å². The van der Waals surface area contributed by atoms with Gasteiger partial charge in [-0.25, -0.2) is 4.99 Å². The number of aromatic hydroxyl groups is 1. The molecule has 8 N–H and O–H groups in total. The number of hydrogen-bond donors (Lipinski definition) is 8. The van der Waals surface area contributed by atoms with Crippen molar-refractivity contribution in [3.05, 3.63) is 83.9 Å². The first-order valence-corrected chi connectivity index (χ1v) is 19.9. The molecule has 0 bridgehead atoms. The number of aliphatic hydroxyl groups excluding tert-OH is 6. The number of aromatic amines is 1. The second-order valence-corrected chi connectivity index (χ2v) is 15.6. The van der Waals surface area contributed by atoms with Crippen LogP contribution in [0.2, 0.25) is 0 Å². The summed E-state index contributed by atoms with van der Waals surface area (Å²) < 4.78 is 28.8. The van der Waals surface area contributed by atoms with Gasteiger partial charge < -0.3 is 74.0 Å². The van der Waals surface area contributed by atoms with Crippen LogP contribution in [0.1, 0.15) is 11.1 Å². The Morgan fingerprint density at radius 3 is 2.38 bits per heavy atom. The zero-order valence-corrected chi connectivity index (χ0v) is 33.1. The fourth-order valence-electron chi connectivity index (χ4n) is 8.02. The number of benzene rings is 3. The lowest BCUT2D eigenvalue weighted by atomic mass is 9.76. The highest BCUT2D eigenvalue weighted by Crippen LogP contribution is 2.34. The summed E-state index contributed by atoms with van der Waals surface area (Å²) in [7, 11) is 2.83. The van der Waals surface area contributed by atoms with Crippen molar-refractivity contribution < 1.29 is 64.1 Å². The maximum atomic E-state index is 13.1. The average Bonchev–Trinajstić information content (AvgIpc) is 3.59. The lowest BCUT2D eigenvalue weighted by Gasteiger charge is -2.48. The average molecular weight is 832 g/mol. The van der Waals surface area contributed by atoms with Crippen LogP contribution in [0, 0.1) is 0 Å². The molecule has 18 nitrogen and oxygen atoms in total. The molecule has 4 aromatic rings. The fourth-order valence-corrected chi connectivity index (χ4v) is 8.02. The van der Waals surface area contributed by atoms with Gasteiger partial charge in [-0.2, -0.15) is 0 Å². The molecule has 1 amide bonds. The van der Waals surface area contributed by atoms with Crippen LogP contribution in [-0.4, -0.2) is 191 Å². The minimum absolute atomic E-state index is 0.00159. The predicted molar refractivity (Wildman–Crippen MR) is 217 cm³/mol. The molecule has 4 aliphatic rings. The lowest BCUT2D eigenvalue weighted by Crippen LogP contribution is -2.67. The minimum atomic E-state index is -1.77. The Hall–Kier alpha value is -4.32. The van der Waals surface area contributed by atoms with Crippen LogP contribution in [0.3, 0.4) is 0 Å². The van der Waals surface area contributed by atoms with E-state index in [1.54, 1.807) is 30.1 Å². The van der Waals surface area contributed by atoms with Gasteiger partial charge >= 0.3 is 7.12 Å². The number of hydrogen-bond acceptors (Lipinski definition) is 16. The standard InChI is InChI=1S/C41H50BN5O13/c1-45-14-16-47(17-15-45)19-30(49)46(2)25-11-9-24(10-12-25)43-32(22-6-4-3-5-7-22)31-26-13-8-23(18-27(26)44-39(31)54)42-56-21-29-38(60-42)34(51)36(53)41(58-29)59-37-28(20-48)57-40(55)35(52)33(37)50/h3-13,18,28-29,33-38,40-41,44,48,50-55H,14-17,19-21H2,1-2H3/t28-,29-,33-,34-,35-,36-,37-,38+,40+,41+/m1/s1. The highest BCUT2D eigenvalue weighted by molar-refractivity contribution is 6.61. The highest BCUT2D eigenvalue weighted by atomic mass is 16.7. The summed E-state index contributed by atoms with van der Waals surface area (Å²) in [5.41, 5.74) is 4.14. The predicted octanol–water partition coefficient (Wildman–Crippen LogP) is -1.37. The first kappa shape index (κ1) is 42.4. The summed E-state index contributed by atoms with van der Waals surface area (Å²) in [6, 6.07) is 22.1. The van der Waals surface area contributed by atoms with Crippen LogP contribution in [0.25, 0.3) is 10.9 Å². The van der Waals surface area contributed by atoms with Crippen molar-refractivity contribution in [1.29, 1.82) is 0 Å². The number of nitrogens with one attached hydrogen (secondary N) is 1. The Morgan fingerprint density at radius 2 is 1.67 bits per heavy atom. The van der Waals surface area contributed by atoms with Crippen molar-refractivity contribution in [1.82, 2.24) is 14.8 Å². The normalized spacial score (nSPS) is 30.7. The van der Waals surface area contributed by atoms with E-state index in [-0.39, 0.29) is 18.4 Å². The molecule has 60 heavy (non-hydrogen) atoms. The second-order valence-electron chi connectivity index (χ2n) is 15.6. The molecule has 0 radical (unpaired) electrons. The van der Waals surface area contributed by atoms with Gasteiger partial charge in [0.1, 0.15) is 48.8 Å². The van der Waals surface area contributed by atoms with Gasteiger partial charge in [0.05, 0.1) is 36.7 Å². The number of rotatable bonds is 10. The Morgan fingerprint density at radius 1 is 0.933 bits per heavy atom. The summed E-state index contributed by atoms with van der Waals surface area (Å²) in [6.07, 6.45) is -14.7. The van der Waals surface area contributed by atoms with Crippen LogP contribution in [0.15, 0.2) is 77.8 Å². The molecule has 8 rings (SSSR count). The monoisotopic (exact) mass is 831 g/mol. The molecule has 4 aliphatic heterocycles. The molecule has 0 aliphatic carbocycles. The van der Waals surface area contributed by atoms with Gasteiger partial charge in [0.25, 0.3) is 0 Å². The first-order valence-electron chi connectivity index (χ1n) is 19.9. The molecule has 1 aromatic heterocycles. The van der Waals surface area contributed by atoms with E-state index in [0.29, 0.717) is 39.9 Å². The van der Waals surface area contributed by atoms with Gasteiger partial charge in [0.2, 0.25) is 5.91 Å². The Bertz CT molecular complexity index is 2130. The summed E-state index contributed by atoms with van der Waals surface area (Å²) in [5, 5.41) is 74.4. The van der Waals surface area contributed by atoms with E-state index < -0.39 is 75.1 Å². The summed E-state index contributed by atoms with van der Waals surface area (Å²) >= 11 is 0. The third-order valence-corrected chi connectivity index (χ3v) is 11.6. The number of nitrogens with zero attached hydrogens (tertiary/aromatic N) is 4. The number of aliphatic imine (C=N–C) groups is 1. The molecule has 5 heterocycles. The van der Waals surface area contributed by atoms with Crippen LogP contribution in [0.4, 0.5) is 11.4 Å². The zero-order chi connectivity index (χ0) is 42.2. The number of carbonyl (C=O) groups excluding carboxylic acids is 1. The highest BCUT2D eigenvalue weighted by Gasteiger charge is 2.53. The largest absolute Gasteiger partial charge is 0.494 e. The summed E-state index contributed by atoms with van der Waals surface area (Å²) in [5.74, 6) is -0.118. The van der Waals surface area contributed by atoms with Crippen molar-refractivity contribution in [2.24, 2.45) is 4.99 Å². The molecule has 19 heteroatoms. The lowest BCUT2D eigenvalue weighted by molar-refractivity contribution is -0.356. The molecule has 4 saturated heterocycles. The van der Waals surface area contributed by atoms with E-state index in [1.165, 1.54) is 0 Å². The van der Waals surface area contributed by atoms with Gasteiger partial charge in [-0.1, -0.05) is 42.5 Å². The second kappa shape index (κ2) is 18.0. The van der Waals surface area contributed by atoms with Gasteiger partial charge in [-0.05, 0) is 42.8 Å². The SMILES string of the molecule is CN1CCN(CC(=O)N(C)c2ccc(N=C(c3ccccc3)c3c(O)[nH]c4cc(B5OC[C@H]6O[C@@H](O[C@H]7[C@H](O)[C@@H](O)[C@@H](O)O[C@@H]7CO)[C@H](O)[C@@H](O)[C@H]6O5)ccc34)cc2)CC1. The van der Waals surface area contributed by atoms with Crippen LogP contribution >= 0.6 is 0 Å². The maximum Gasteiger partial charge on any atom is 0.494 e. The number of piperazine rings is 1. The first-order chi connectivity index (χ1) is 28.9. The zero-order valence-electron chi connectivity index (χ0n) is 33.1. The molecule has 10 atom stereocenters. The van der Waals surface area contributed by atoms with Crippen molar-refractivity contribution in [3.63, 3.8) is 0 Å².